The minimum absolute atomic E-state index is 0.0177. The molecule has 1 spiro atoms. The van der Waals surface area contributed by atoms with E-state index in [9.17, 15) is 0 Å². The van der Waals surface area contributed by atoms with Crippen molar-refractivity contribution in [1.29, 1.82) is 0 Å². The summed E-state index contributed by atoms with van der Waals surface area (Å²) in [6.45, 7) is 12.5. The first-order valence-corrected chi connectivity index (χ1v) is 21.6. The first-order chi connectivity index (χ1) is 28.2. The van der Waals surface area contributed by atoms with Crippen molar-refractivity contribution in [3.63, 3.8) is 0 Å². The third kappa shape index (κ3) is 3.70. The van der Waals surface area contributed by atoms with E-state index in [1.54, 1.807) is 5.56 Å². The fourth-order valence-electron chi connectivity index (χ4n) is 13.1. The van der Waals surface area contributed by atoms with Crippen molar-refractivity contribution < 1.29 is 0 Å². The molecule has 0 amide bonds. The van der Waals surface area contributed by atoms with E-state index in [1.807, 2.05) is 0 Å². The normalized spacial score (nSPS) is 21.8. The first kappa shape index (κ1) is 33.2. The molecule has 2 unspecified atom stereocenters. The second-order valence-electron chi connectivity index (χ2n) is 19.5. The zero-order valence-corrected chi connectivity index (χ0v) is 34.2. The number of nitrogens with zero attached hydrogens (tertiary/aromatic N) is 2. The van der Waals surface area contributed by atoms with Gasteiger partial charge in [0.2, 0.25) is 0 Å². The lowest BCUT2D eigenvalue weighted by molar-refractivity contribution is 0.199. The average Bonchev–Trinajstić information content (AvgIpc) is 3.65. The van der Waals surface area contributed by atoms with Gasteiger partial charge < -0.3 is 9.71 Å². The standard InChI is InChI=1S/C55H47BN2/c1-52(2,3)36-32-40-39-30-35(34-18-7-6-8-19-34)31-48-49(39)56(58-50(40)45(33-36)53(4)28-15-16-29-54(53,58)5)46-26-17-25-44-51(46)57(48)47-27-14-13-24-43(47)55(44)41-22-11-9-20-37(41)38-21-10-12-23-42(38)55/h6-14,17-27,30-33H,15-16,28-29H2,1-5H3. The van der Waals surface area contributed by atoms with E-state index in [2.05, 4.69) is 190 Å². The number of fused-ring (bicyclic) bond motifs is 16. The zero-order chi connectivity index (χ0) is 38.9. The molecule has 0 bridgehead atoms. The molecule has 0 N–H and O–H groups in total. The van der Waals surface area contributed by atoms with Gasteiger partial charge in [0.15, 0.2) is 0 Å². The summed E-state index contributed by atoms with van der Waals surface area (Å²) < 4.78 is 0. The van der Waals surface area contributed by atoms with Crippen LogP contribution in [0.3, 0.4) is 0 Å². The van der Waals surface area contributed by atoms with Crippen molar-refractivity contribution in [2.24, 2.45) is 0 Å². The van der Waals surface area contributed by atoms with E-state index in [-0.39, 0.29) is 23.2 Å². The molecule has 0 radical (unpaired) electrons. The molecule has 280 valence electrons. The van der Waals surface area contributed by atoms with Crippen LogP contribution >= 0.6 is 0 Å². The van der Waals surface area contributed by atoms with E-state index in [4.69, 9.17) is 0 Å². The van der Waals surface area contributed by atoms with Crippen molar-refractivity contribution in [2.75, 3.05) is 9.71 Å². The molecule has 1 fully saturated rings. The lowest BCUT2D eigenvalue weighted by Crippen LogP contribution is -2.71. The molecule has 7 aromatic carbocycles. The highest BCUT2D eigenvalue weighted by Gasteiger charge is 2.64. The summed E-state index contributed by atoms with van der Waals surface area (Å²) in [6, 6.07) is 56.6. The Morgan fingerprint density at radius 2 is 1.17 bits per heavy atom. The highest BCUT2D eigenvalue weighted by Crippen LogP contribution is 2.67. The van der Waals surface area contributed by atoms with Crippen LogP contribution in [0.2, 0.25) is 0 Å². The largest absolute Gasteiger partial charge is 0.400 e. The highest BCUT2D eigenvalue weighted by atomic mass is 15.2. The molecule has 0 aromatic heterocycles. The van der Waals surface area contributed by atoms with Crippen LogP contribution in [0.25, 0.3) is 33.4 Å². The number of benzene rings is 7. The van der Waals surface area contributed by atoms with Crippen LogP contribution in [0, 0.1) is 0 Å². The van der Waals surface area contributed by atoms with Crippen LogP contribution in [-0.4, -0.2) is 12.4 Å². The molecule has 6 aliphatic rings. The van der Waals surface area contributed by atoms with E-state index in [1.165, 1.54) is 121 Å². The number of rotatable bonds is 1. The van der Waals surface area contributed by atoms with Crippen molar-refractivity contribution in [1.82, 2.24) is 0 Å². The lowest BCUT2D eigenvalue weighted by atomic mass is 9.41. The Labute approximate surface area is 343 Å². The van der Waals surface area contributed by atoms with Crippen molar-refractivity contribution in [2.45, 2.75) is 82.1 Å². The Hall–Kier alpha value is -5.80. The predicted molar refractivity (Wildman–Crippen MR) is 243 cm³/mol. The summed E-state index contributed by atoms with van der Waals surface area (Å²) in [6.07, 6.45) is 4.95. The maximum Gasteiger partial charge on any atom is 0.328 e. The molecule has 2 aliphatic carbocycles. The van der Waals surface area contributed by atoms with E-state index >= 15 is 0 Å². The summed E-state index contributed by atoms with van der Waals surface area (Å²) in [5.41, 5.74) is 24.5. The Morgan fingerprint density at radius 3 is 1.91 bits per heavy atom. The molecular formula is C55H47BN2. The van der Waals surface area contributed by atoms with Crippen LogP contribution in [-0.2, 0) is 16.2 Å². The van der Waals surface area contributed by atoms with Crippen molar-refractivity contribution >= 4 is 40.5 Å². The van der Waals surface area contributed by atoms with Gasteiger partial charge in [0.05, 0.1) is 11.1 Å². The summed E-state index contributed by atoms with van der Waals surface area (Å²) in [4.78, 5) is 5.70. The molecular weight excluding hydrogens is 699 g/mol. The molecule has 4 aliphatic heterocycles. The number of para-hydroxylation sites is 2. The van der Waals surface area contributed by atoms with Gasteiger partial charge in [0.25, 0.3) is 0 Å². The fraction of sp³-hybridized carbons (Fsp3) is 0.236. The number of anilines is 4. The molecule has 1 saturated carbocycles. The third-order valence-electron chi connectivity index (χ3n) is 15.9. The van der Waals surface area contributed by atoms with Gasteiger partial charge in [-0.15, -0.1) is 0 Å². The second kappa shape index (κ2) is 10.8. The highest BCUT2D eigenvalue weighted by molar-refractivity contribution is 6.93. The molecule has 2 nitrogen and oxygen atoms in total. The Balaban J connectivity index is 1.21. The molecule has 3 heteroatoms. The zero-order valence-electron chi connectivity index (χ0n) is 34.2. The van der Waals surface area contributed by atoms with Gasteiger partial charge in [0, 0.05) is 33.6 Å². The second-order valence-corrected chi connectivity index (χ2v) is 19.5. The first-order valence-electron chi connectivity index (χ1n) is 21.6. The summed E-state index contributed by atoms with van der Waals surface area (Å²) >= 11 is 0. The van der Waals surface area contributed by atoms with Gasteiger partial charge in [-0.1, -0.05) is 162 Å². The minimum Gasteiger partial charge on any atom is -0.400 e. The fourth-order valence-corrected chi connectivity index (χ4v) is 13.1. The van der Waals surface area contributed by atoms with E-state index < -0.39 is 5.41 Å². The van der Waals surface area contributed by atoms with Crippen molar-refractivity contribution in [3.8, 4) is 33.4 Å². The Bertz CT molecular complexity index is 2910. The van der Waals surface area contributed by atoms with Crippen LogP contribution in [0.1, 0.15) is 93.7 Å². The van der Waals surface area contributed by atoms with Gasteiger partial charge in [-0.2, -0.15) is 0 Å². The summed E-state index contributed by atoms with van der Waals surface area (Å²) in [7, 11) is 0. The molecule has 2 atom stereocenters. The SMILES string of the molecule is CC(C)(C)c1cc2c3c(c1)C1(C)CCCCC1(C)N3B1c3cccc4c3N(c3ccccc3C43c4ccccc4-c4ccccc43)c3cc(-c4ccccc4)cc-2c31. The monoisotopic (exact) mass is 746 g/mol. The molecule has 58 heavy (non-hydrogen) atoms. The van der Waals surface area contributed by atoms with Crippen LogP contribution < -0.4 is 20.6 Å². The number of hydrogen-bond donors (Lipinski definition) is 0. The van der Waals surface area contributed by atoms with Crippen molar-refractivity contribution in [3.05, 3.63) is 179 Å². The number of hydrogen-bond acceptors (Lipinski definition) is 2. The van der Waals surface area contributed by atoms with E-state index in [0.29, 0.717) is 0 Å². The average molecular weight is 747 g/mol. The van der Waals surface area contributed by atoms with Crippen LogP contribution in [0.4, 0.5) is 22.7 Å². The quantitative estimate of drug-likeness (QED) is 0.154. The minimum atomic E-state index is -0.448. The topological polar surface area (TPSA) is 6.48 Å². The molecule has 13 rings (SSSR count). The maximum absolute atomic E-state index is 2.99. The Kier molecular flexibility index (Phi) is 6.20. The Morgan fingerprint density at radius 1 is 0.517 bits per heavy atom. The van der Waals surface area contributed by atoms with E-state index in [0.717, 1.165) is 0 Å². The summed E-state index contributed by atoms with van der Waals surface area (Å²) in [5, 5.41) is 0. The van der Waals surface area contributed by atoms with Crippen LogP contribution in [0.15, 0.2) is 146 Å². The molecule has 7 aromatic rings. The van der Waals surface area contributed by atoms with Gasteiger partial charge in [-0.25, -0.2) is 0 Å². The molecule has 4 heterocycles. The lowest BCUT2D eigenvalue weighted by Gasteiger charge is -2.56. The van der Waals surface area contributed by atoms with Gasteiger partial charge >= 0.3 is 6.85 Å². The third-order valence-corrected chi connectivity index (χ3v) is 15.9. The smallest absolute Gasteiger partial charge is 0.328 e. The van der Waals surface area contributed by atoms with Gasteiger partial charge in [0.1, 0.15) is 0 Å². The molecule has 0 saturated heterocycles. The van der Waals surface area contributed by atoms with Gasteiger partial charge in [-0.05, 0) is 122 Å². The predicted octanol–water partition coefficient (Wildman–Crippen LogP) is 12.3. The maximum atomic E-state index is 2.99. The van der Waals surface area contributed by atoms with Gasteiger partial charge in [-0.3, -0.25) is 0 Å². The van der Waals surface area contributed by atoms with Crippen LogP contribution in [0.5, 0.6) is 0 Å². The summed E-state index contributed by atoms with van der Waals surface area (Å²) in [5.74, 6) is 0.